The Labute approximate surface area is 98.7 Å². The number of benzene rings is 1. The van der Waals surface area contributed by atoms with Crippen molar-refractivity contribution in [3.8, 4) is 0 Å². The van der Waals surface area contributed by atoms with Gasteiger partial charge in [-0.1, -0.05) is 6.07 Å². The van der Waals surface area contributed by atoms with E-state index in [1.807, 2.05) is 0 Å². The molecule has 0 atom stereocenters. The summed E-state index contributed by atoms with van der Waals surface area (Å²) in [6, 6.07) is 7.30. The number of nitrogens with one attached hydrogen (secondary N) is 1. The van der Waals surface area contributed by atoms with Crippen LogP contribution in [0.4, 0.5) is 5.69 Å². The van der Waals surface area contributed by atoms with Crippen LogP contribution in [0.3, 0.4) is 0 Å². The molecule has 0 aliphatic carbocycles. The maximum Gasteiger partial charge on any atom is 0.0345 e. The third kappa shape index (κ3) is 2.76. The number of anilines is 1. The van der Waals surface area contributed by atoms with E-state index in [9.17, 15) is 0 Å². The minimum Gasteiger partial charge on any atom is -0.382 e. The van der Waals surface area contributed by atoms with Crippen molar-refractivity contribution < 1.29 is 0 Å². The fourth-order valence-electron chi connectivity index (χ4n) is 2.22. The topological polar surface area (TPSA) is 15.3 Å². The molecule has 0 radical (unpaired) electrons. The van der Waals surface area contributed by atoms with Gasteiger partial charge < -0.3 is 10.2 Å². The molecule has 1 aliphatic heterocycles. The summed E-state index contributed by atoms with van der Waals surface area (Å²) in [6.07, 6.45) is 2.51. The van der Waals surface area contributed by atoms with Crippen LogP contribution in [0.25, 0.3) is 0 Å². The van der Waals surface area contributed by atoms with Crippen LogP contribution in [0.2, 0.25) is 0 Å². The maximum atomic E-state index is 3.64. The Balaban J connectivity index is 1.96. The van der Waals surface area contributed by atoms with Crippen LogP contribution in [0.15, 0.2) is 18.2 Å². The van der Waals surface area contributed by atoms with Gasteiger partial charge in [0.25, 0.3) is 0 Å². The lowest BCUT2D eigenvalue weighted by Gasteiger charge is -2.30. The number of rotatable bonds is 2. The zero-order chi connectivity index (χ0) is 11.5. The zero-order valence-corrected chi connectivity index (χ0v) is 10.6. The fraction of sp³-hybridized carbons (Fsp3) is 0.571. The van der Waals surface area contributed by atoms with Gasteiger partial charge >= 0.3 is 0 Å². The molecule has 2 rings (SSSR count). The molecule has 2 nitrogen and oxygen atoms in total. The smallest absolute Gasteiger partial charge is 0.0345 e. The van der Waals surface area contributed by atoms with Gasteiger partial charge in [0.05, 0.1) is 0 Å². The van der Waals surface area contributed by atoms with Crippen LogP contribution >= 0.6 is 0 Å². The predicted molar refractivity (Wildman–Crippen MR) is 70.1 cm³/mol. The van der Waals surface area contributed by atoms with E-state index in [1.165, 1.54) is 42.7 Å². The Morgan fingerprint density at radius 3 is 2.44 bits per heavy atom. The monoisotopic (exact) mass is 218 g/mol. The molecule has 0 bridgehead atoms. The average molecular weight is 218 g/mol. The molecule has 1 N–H and O–H groups in total. The molecule has 1 aromatic carbocycles. The lowest BCUT2D eigenvalue weighted by atomic mass is 10.0. The average Bonchev–Trinajstić information content (AvgIpc) is 2.27. The van der Waals surface area contributed by atoms with E-state index in [0.717, 1.165) is 0 Å². The Hall–Kier alpha value is -1.02. The molecule has 1 aliphatic rings. The van der Waals surface area contributed by atoms with Crippen molar-refractivity contribution in [2.24, 2.45) is 0 Å². The molecule has 1 fully saturated rings. The highest BCUT2D eigenvalue weighted by molar-refractivity contribution is 5.48. The second kappa shape index (κ2) is 4.88. The highest BCUT2D eigenvalue weighted by atomic mass is 15.1. The molecule has 88 valence electrons. The quantitative estimate of drug-likeness (QED) is 0.821. The molecule has 0 saturated carbocycles. The van der Waals surface area contributed by atoms with Gasteiger partial charge in [-0.05, 0) is 70.1 Å². The molecular weight excluding hydrogens is 196 g/mol. The van der Waals surface area contributed by atoms with E-state index in [2.05, 4.69) is 49.3 Å². The van der Waals surface area contributed by atoms with Gasteiger partial charge in [-0.25, -0.2) is 0 Å². The molecule has 0 unspecified atom stereocenters. The van der Waals surface area contributed by atoms with Crippen molar-refractivity contribution >= 4 is 5.69 Å². The summed E-state index contributed by atoms with van der Waals surface area (Å²) in [4.78, 5) is 2.40. The standard InChI is InChI=1S/C14H22N2/c1-11-4-5-14(10-12(11)2)15-13-6-8-16(3)9-7-13/h4-5,10,13,15H,6-9H2,1-3H3. The summed E-state index contributed by atoms with van der Waals surface area (Å²) in [5, 5.41) is 3.64. The van der Waals surface area contributed by atoms with Crippen LogP contribution in [-0.2, 0) is 0 Å². The van der Waals surface area contributed by atoms with Gasteiger partial charge in [0.1, 0.15) is 0 Å². The first kappa shape index (κ1) is 11.5. The van der Waals surface area contributed by atoms with E-state index in [-0.39, 0.29) is 0 Å². The van der Waals surface area contributed by atoms with Crippen molar-refractivity contribution in [3.05, 3.63) is 29.3 Å². The van der Waals surface area contributed by atoms with Gasteiger partial charge in [0, 0.05) is 11.7 Å². The Morgan fingerprint density at radius 2 is 1.81 bits per heavy atom. The van der Waals surface area contributed by atoms with Gasteiger partial charge in [0.15, 0.2) is 0 Å². The number of hydrogen-bond donors (Lipinski definition) is 1. The number of nitrogens with zero attached hydrogens (tertiary/aromatic N) is 1. The van der Waals surface area contributed by atoms with E-state index in [1.54, 1.807) is 0 Å². The summed E-state index contributed by atoms with van der Waals surface area (Å²) in [5.41, 5.74) is 4.02. The maximum absolute atomic E-state index is 3.64. The zero-order valence-electron chi connectivity index (χ0n) is 10.6. The summed E-state index contributed by atoms with van der Waals surface area (Å²) in [7, 11) is 2.20. The van der Waals surface area contributed by atoms with Gasteiger partial charge in [-0.3, -0.25) is 0 Å². The van der Waals surface area contributed by atoms with Crippen molar-refractivity contribution in [1.82, 2.24) is 4.90 Å². The predicted octanol–water partition coefficient (Wildman–Crippen LogP) is 2.81. The molecule has 0 aromatic heterocycles. The highest BCUT2D eigenvalue weighted by Gasteiger charge is 2.16. The SMILES string of the molecule is Cc1ccc(NC2CCN(C)CC2)cc1C. The van der Waals surface area contributed by atoms with E-state index < -0.39 is 0 Å². The third-order valence-electron chi connectivity index (χ3n) is 3.60. The fourth-order valence-corrected chi connectivity index (χ4v) is 2.22. The lowest BCUT2D eigenvalue weighted by Crippen LogP contribution is -2.36. The van der Waals surface area contributed by atoms with Crippen LogP contribution in [0, 0.1) is 13.8 Å². The second-order valence-corrected chi connectivity index (χ2v) is 5.02. The number of hydrogen-bond acceptors (Lipinski definition) is 2. The van der Waals surface area contributed by atoms with Crippen molar-refractivity contribution in [2.75, 3.05) is 25.5 Å². The molecule has 0 amide bonds. The Kier molecular flexibility index (Phi) is 3.49. The van der Waals surface area contributed by atoms with Crippen LogP contribution < -0.4 is 5.32 Å². The summed E-state index contributed by atoms with van der Waals surface area (Å²) >= 11 is 0. The molecule has 1 saturated heterocycles. The second-order valence-electron chi connectivity index (χ2n) is 5.02. The third-order valence-corrected chi connectivity index (χ3v) is 3.60. The van der Waals surface area contributed by atoms with Crippen LogP contribution in [0.5, 0.6) is 0 Å². The summed E-state index contributed by atoms with van der Waals surface area (Å²) < 4.78 is 0. The van der Waals surface area contributed by atoms with Gasteiger partial charge in [-0.2, -0.15) is 0 Å². The molecule has 16 heavy (non-hydrogen) atoms. The van der Waals surface area contributed by atoms with E-state index >= 15 is 0 Å². The minimum absolute atomic E-state index is 0.651. The van der Waals surface area contributed by atoms with Crippen molar-refractivity contribution in [1.29, 1.82) is 0 Å². The Bertz CT molecular complexity index is 352. The van der Waals surface area contributed by atoms with E-state index in [4.69, 9.17) is 0 Å². The highest BCUT2D eigenvalue weighted by Crippen LogP contribution is 2.18. The lowest BCUT2D eigenvalue weighted by molar-refractivity contribution is 0.264. The first-order valence-electron chi connectivity index (χ1n) is 6.17. The first-order chi connectivity index (χ1) is 7.65. The Morgan fingerprint density at radius 1 is 1.12 bits per heavy atom. The summed E-state index contributed by atoms with van der Waals surface area (Å²) in [5.74, 6) is 0. The normalized spacial score (nSPS) is 18.7. The molecule has 0 spiro atoms. The van der Waals surface area contributed by atoms with Crippen LogP contribution in [-0.4, -0.2) is 31.1 Å². The van der Waals surface area contributed by atoms with E-state index in [0.29, 0.717) is 6.04 Å². The molecule has 1 heterocycles. The molecular formula is C14H22N2. The van der Waals surface area contributed by atoms with Gasteiger partial charge in [0.2, 0.25) is 0 Å². The first-order valence-corrected chi connectivity index (χ1v) is 6.17. The molecule has 2 heteroatoms. The van der Waals surface area contributed by atoms with Crippen LogP contribution in [0.1, 0.15) is 24.0 Å². The minimum atomic E-state index is 0.651. The number of aryl methyl sites for hydroxylation is 2. The number of piperidine rings is 1. The molecule has 1 aromatic rings. The number of likely N-dealkylation sites (tertiary alicyclic amines) is 1. The summed E-state index contributed by atoms with van der Waals surface area (Å²) in [6.45, 7) is 6.76. The largest absolute Gasteiger partial charge is 0.382 e. The van der Waals surface area contributed by atoms with Crippen molar-refractivity contribution in [2.45, 2.75) is 32.7 Å². The van der Waals surface area contributed by atoms with Crippen molar-refractivity contribution in [3.63, 3.8) is 0 Å². The van der Waals surface area contributed by atoms with Gasteiger partial charge in [-0.15, -0.1) is 0 Å².